The molecule has 2 N–H and O–H groups in total. The predicted octanol–water partition coefficient (Wildman–Crippen LogP) is 3.21. The minimum Gasteiger partial charge on any atom is -0.399 e. The van der Waals surface area contributed by atoms with Crippen molar-refractivity contribution in [1.82, 2.24) is 10.1 Å². The summed E-state index contributed by atoms with van der Waals surface area (Å²) < 4.78 is 18.2. The number of anilines is 1. The standard InChI is InChI=1S/C12H14FN3OS/c1-7(2)12-15-11(16-17-12)6-18-10-4-8(13)3-9(14)5-10/h3-5,7H,6,14H2,1-2H3. The molecule has 96 valence electrons. The van der Waals surface area contributed by atoms with Gasteiger partial charge in [-0.1, -0.05) is 19.0 Å². The normalized spacial score (nSPS) is 11.1. The summed E-state index contributed by atoms with van der Waals surface area (Å²) in [4.78, 5) is 5.00. The molecular formula is C12H14FN3OS. The second-order valence-corrected chi connectivity index (χ2v) is 5.26. The van der Waals surface area contributed by atoms with Crippen LogP contribution < -0.4 is 5.73 Å². The van der Waals surface area contributed by atoms with Crippen molar-refractivity contribution in [3.8, 4) is 0 Å². The lowest BCUT2D eigenvalue weighted by atomic mass is 10.2. The number of nitrogens with two attached hydrogens (primary N) is 1. The average Bonchev–Trinajstić information content (AvgIpc) is 2.73. The van der Waals surface area contributed by atoms with Gasteiger partial charge in [-0.25, -0.2) is 4.39 Å². The Morgan fingerprint density at radius 3 is 2.78 bits per heavy atom. The van der Waals surface area contributed by atoms with Gasteiger partial charge in [-0.2, -0.15) is 4.98 Å². The fraction of sp³-hybridized carbons (Fsp3) is 0.333. The van der Waals surface area contributed by atoms with Gasteiger partial charge in [-0.15, -0.1) is 11.8 Å². The molecule has 0 aliphatic heterocycles. The van der Waals surface area contributed by atoms with E-state index in [0.29, 0.717) is 23.2 Å². The molecule has 0 bridgehead atoms. The Morgan fingerprint density at radius 2 is 2.17 bits per heavy atom. The van der Waals surface area contributed by atoms with Crippen molar-refractivity contribution < 1.29 is 8.91 Å². The Balaban J connectivity index is 2.02. The van der Waals surface area contributed by atoms with Crippen LogP contribution in [0.5, 0.6) is 0 Å². The van der Waals surface area contributed by atoms with Crippen LogP contribution >= 0.6 is 11.8 Å². The van der Waals surface area contributed by atoms with E-state index >= 15 is 0 Å². The first kappa shape index (κ1) is 12.9. The zero-order chi connectivity index (χ0) is 13.1. The van der Waals surface area contributed by atoms with Crippen LogP contribution in [-0.4, -0.2) is 10.1 Å². The van der Waals surface area contributed by atoms with Crippen molar-refractivity contribution in [3.63, 3.8) is 0 Å². The van der Waals surface area contributed by atoms with Gasteiger partial charge in [-0.3, -0.25) is 0 Å². The molecule has 0 saturated heterocycles. The van der Waals surface area contributed by atoms with Crippen LogP contribution in [0.25, 0.3) is 0 Å². The molecule has 6 heteroatoms. The summed E-state index contributed by atoms with van der Waals surface area (Å²) in [6.07, 6.45) is 0. The van der Waals surface area contributed by atoms with Crippen LogP contribution in [-0.2, 0) is 5.75 Å². The first-order valence-electron chi connectivity index (χ1n) is 5.56. The third kappa shape index (κ3) is 3.22. The van der Waals surface area contributed by atoms with Gasteiger partial charge in [0, 0.05) is 16.5 Å². The smallest absolute Gasteiger partial charge is 0.229 e. The van der Waals surface area contributed by atoms with E-state index in [1.54, 1.807) is 6.07 Å². The second-order valence-electron chi connectivity index (χ2n) is 4.21. The van der Waals surface area contributed by atoms with E-state index in [1.165, 1.54) is 23.9 Å². The second kappa shape index (κ2) is 5.39. The quantitative estimate of drug-likeness (QED) is 0.680. The molecule has 18 heavy (non-hydrogen) atoms. The van der Waals surface area contributed by atoms with Crippen LogP contribution in [0, 0.1) is 5.82 Å². The van der Waals surface area contributed by atoms with Crippen LogP contribution in [0.15, 0.2) is 27.6 Å². The molecular weight excluding hydrogens is 253 g/mol. The molecule has 0 amide bonds. The first-order chi connectivity index (χ1) is 8.54. The number of rotatable bonds is 4. The molecule has 2 rings (SSSR count). The van der Waals surface area contributed by atoms with Gasteiger partial charge in [0.05, 0.1) is 5.75 Å². The van der Waals surface area contributed by atoms with Gasteiger partial charge in [0.25, 0.3) is 0 Å². The molecule has 0 spiro atoms. The molecule has 2 aromatic rings. The molecule has 1 aromatic heterocycles. The van der Waals surface area contributed by atoms with E-state index in [9.17, 15) is 4.39 Å². The van der Waals surface area contributed by atoms with Gasteiger partial charge >= 0.3 is 0 Å². The fourth-order valence-corrected chi connectivity index (χ4v) is 2.20. The summed E-state index contributed by atoms with van der Waals surface area (Å²) in [6, 6.07) is 4.44. The molecule has 1 aromatic carbocycles. The topological polar surface area (TPSA) is 64.9 Å². The summed E-state index contributed by atoms with van der Waals surface area (Å²) >= 11 is 1.42. The molecule has 0 radical (unpaired) electrons. The first-order valence-corrected chi connectivity index (χ1v) is 6.54. The van der Waals surface area contributed by atoms with Crippen molar-refractivity contribution in [2.45, 2.75) is 30.4 Å². The van der Waals surface area contributed by atoms with Crippen LogP contribution in [0.3, 0.4) is 0 Å². The molecule has 0 saturated carbocycles. The Kier molecular flexibility index (Phi) is 3.86. The van der Waals surface area contributed by atoms with Crippen molar-refractivity contribution in [2.24, 2.45) is 0 Å². The van der Waals surface area contributed by atoms with Gasteiger partial charge in [0.15, 0.2) is 5.82 Å². The number of aromatic nitrogens is 2. The molecule has 0 fully saturated rings. The average molecular weight is 267 g/mol. The maximum Gasteiger partial charge on any atom is 0.229 e. The summed E-state index contributed by atoms with van der Waals surface area (Å²) in [7, 11) is 0. The van der Waals surface area contributed by atoms with Gasteiger partial charge in [-0.05, 0) is 18.2 Å². The summed E-state index contributed by atoms with van der Waals surface area (Å²) in [5, 5.41) is 3.87. The predicted molar refractivity (Wildman–Crippen MR) is 68.8 cm³/mol. The number of nitrogens with zero attached hydrogens (tertiary/aromatic N) is 2. The van der Waals surface area contributed by atoms with E-state index in [4.69, 9.17) is 10.3 Å². The van der Waals surface area contributed by atoms with Crippen LogP contribution in [0.2, 0.25) is 0 Å². The highest BCUT2D eigenvalue weighted by Gasteiger charge is 2.10. The van der Waals surface area contributed by atoms with E-state index in [1.807, 2.05) is 13.8 Å². The highest BCUT2D eigenvalue weighted by molar-refractivity contribution is 7.98. The highest BCUT2D eigenvalue weighted by Crippen LogP contribution is 2.25. The minimum atomic E-state index is -0.339. The number of thioether (sulfide) groups is 1. The number of halogens is 1. The van der Waals surface area contributed by atoms with Crippen molar-refractivity contribution in [1.29, 1.82) is 0 Å². The van der Waals surface area contributed by atoms with E-state index in [2.05, 4.69) is 10.1 Å². The third-order valence-electron chi connectivity index (χ3n) is 2.24. The molecule has 0 atom stereocenters. The third-order valence-corrected chi connectivity index (χ3v) is 3.21. The highest BCUT2D eigenvalue weighted by atomic mass is 32.2. The van der Waals surface area contributed by atoms with Crippen LogP contribution in [0.4, 0.5) is 10.1 Å². The molecule has 0 aliphatic rings. The fourth-order valence-electron chi connectivity index (χ4n) is 1.38. The van der Waals surface area contributed by atoms with Crippen molar-refractivity contribution in [2.75, 3.05) is 5.73 Å². The Labute approximate surface area is 109 Å². The lowest BCUT2D eigenvalue weighted by Crippen LogP contribution is -1.90. The molecule has 0 aliphatic carbocycles. The van der Waals surface area contributed by atoms with Crippen molar-refractivity contribution in [3.05, 3.63) is 35.7 Å². The van der Waals surface area contributed by atoms with E-state index in [-0.39, 0.29) is 11.7 Å². The van der Waals surface area contributed by atoms with Gasteiger partial charge in [0.2, 0.25) is 5.89 Å². The minimum absolute atomic E-state index is 0.209. The Bertz CT molecular complexity index is 522. The zero-order valence-electron chi connectivity index (χ0n) is 10.2. The Hall–Kier alpha value is -1.56. The SMILES string of the molecule is CC(C)c1nc(CSc2cc(N)cc(F)c2)no1. The molecule has 0 unspecified atom stereocenters. The lowest BCUT2D eigenvalue weighted by Gasteiger charge is -2.00. The largest absolute Gasteiger partial charge is 0.399 e. The zero-order valence-corrected chi connectivity index (χ0v) is 11.0. The Morgan fingerprint density at radius 1 is 1.39 bits per heavy atom. The van der Waals surface area contributed by atoms with Crippen molar-refractivity contribution >= 4 is 17.4 Å². The molecule has 1 heterocycles. The number of benzene rings is 1. The number of hydrogen-bond donors (Lipinski definition) is 1. The summed E-state index contributed by atoms with van der Waals surface area (Å²) in [5.74, 6) is 1.62. The van der Waals surface area contributed by atoms with E-state index < -0.39 is 0 Å². The lowest BCUT2D eigenvalue weighted by molar-refractivity contribution is 0.362. The monoisotopic (exact) mass is 267 g/mol. The number of hydrogen-bond acceptors (Lipinski definition) is 5. The maximum absolute atomic E-state index is 13.1. The summed E-state index contributed by atoms with van der Waals surface area (Å²) in [5.41, 5.74) is 5.98. The van der Waals surface area contributed by atoms with Gasteiger partial charge in [0.1, 0.15) is 5.82 Å². The molecule has 4 nitrogen and oxygen atoms in total. The van der Waals surface area contributed by atoms with E-state index in [0.717, 1.165) is 4.90 Å². The van der Waals surface area contributed by atoms with Crippen LogP contribution in [0.1, 0.15) is 31.5 Å². The maximum atomic E-state index is 13.1. The number of nitrogen functional groups attached to an aromatic ring is 1. The summed E-state index contributed by atoms with van der Waals surface area (Å²) in [6.45, 7) is 3.97. The van der Waals surface area contributed by atoms with Gasteiger partial charge < -0.3 is 10.3 Å².